The highest BCUT2D eigenvalue weighted by atomic mass is 32.2. The Balaban J connectivity index is 2.73. The summed E-state index contributed by atoms with van der Waals surface area (Å²) in [5.74, 6) is -0.390. The fourth-order valence-corrected chi connectivity index (χ4v) is 2.33. The van der Waals surface area contributed by atoms with E-state index in [-0.39, 0.29) is 17.1 Å². The van der Waals surface area contributed by atoms with Crippen LogP contribution in [-0.4, -0.2) is 33.9 Å². The second-order valence-electron chi connectivity index (χ2n) is 4.16. The number of hydrogen-bond acceptors (Lipinski definition) is 5. The molecule has 0 bridgehead atoms. The number of aryl methyl sites for hydroxylation is 1. The zero-order chi connectivity index (χ0) is 15.8. The minimum atomic E-state index is -4.77. The molecule has 0 aliphatic heterocycles. The minimum Gasteiger partial charge on any atom is -0.266 e. The summed E-state index contributed by atoms with van der Waals surface area (Å²) in [5, 5.41) is 2.99. The highest BCUT2D eigenvalue weighted by Crippen LogP contribution is 2.30. The third-order valence-corrected chi connectivity index (χ3v) is 4.24. The van der Waals surface area contributed by atoms with Gasteiger partial charge in [0.2, 0.25) is 15.0 Å². The summed E-state index contributed by atoms with van der Waals surface area (Å²) in [6.07, 6.45) is -3.40. The number of rotatable bonds is 3. The molecule has 0 amide bonds. The van der Waals surface area contributed by atoms with Gasteiger partial charge in [0, 0.05) is 13.2 Å². The summed E-state index contributed by atoms with van der Waals surface area (Å²) in [6.45, 7) is 1.31. The van der Waals surface area contributed by atoms with Crippen molar-refractivity contribution in [2.75, 3.05) is 5.75 Å². The summed E-state index contributed by atoms with van der Waals surface area (Å²) >= 11 is 0. The first kappa shape index (κ1) is 15.4. The SMILES string of the molecule is CCS(=O)(=O)c1nc(-c2ccnn2C)cc(C(F)(F)F)n1. The molecular formula is C11H11F3N4O2S. The maximum atomic E-state index is 12.9. The Morgan fingerprint density at radius 1 is 1.29 bits per heavy atom. The summed E-state index contributed by atoms with van der Waals surface area (Å²) in [5.41, 5.74) is -1.19. The van der Waals surface area contributed by atoms with E-state index in [0.717, 1.165) is 0 Å². The molecule has 0 spiro atoms. The van der Waals surface area contributed by atoms with Crippen molar-refractivity contribution >= 4 is 9.84 Å². The molecule has 0 unspecified atom stereocenters. The van der Waals surface area contributed by atoms with E-state index in [1.807, 2.05) is 0 Å². The van der Waals surface area contributed by atoms with E-state index >= 15 is 0 Å². The fourth-order valence-electron chi connectivity index (χ4n) is 1.59. The highest BCUT2D eigenvalue weighted by molar-refractivity contribution is 7.91. The van der Waals surface area contributed by atoms with Crippen molar-refractivity contribution in [3.8, 4) is 11.4 Å². The molecule has 6 nitrogen and oxygen atoms in total. The van der Waals surface area contributed by atoms with Gasteiger partial charge in [0.1, 0.15) is 5.69 Å². The average Bonchev–Trinajstić information content (AvgIpc) is 2.83. The molecule has 2 aromatic rings. The van der Waals surface area contributed by atoms with Crippen molar-refractivity contribution < 1.29 is 21.6 Å². The molecule has 2 rings (SSSR count). The van der Waals surface area contributed by atoms with E-state index in [0.29, 0.717) is 6.07 Å². The Kier molecular flexibility index (Phi) is 3.74. The Morgan fingerprint density at radius 3 is 2.43 bits per heavy atom. The lowest BCUT2D eigenvalue weighted by Gasteiger charge is -2.10. The van der Waals surface area contributed by atoms with Gasteiger partial charge in [0.05, 0.1) is 17.1 Å². The van der Waals surface area contributed by atoms with Crippen LogP contribution in [0.2, 0.25) is 0 Å². The van der Waals surface area contributed by atoms with Gasteiger partial charge in [-0.3, -0.25) is 4.68 Å². The molecule has 0 aliphatic rings. The lowest BCUT2D eigenvalue weighted by molar-refractivity contribution is -0.141. The number of nitrogens with zero attached hydrogens (tertiary/aromatic N) is 4. The average molecular weight is 320 g/mol. The Morgan fingerprint density at radius 2 is 1.95 bits per heavy atom. The molecule has 114 valence electrons. The van der Waals surface area contributed by atoms with E-state index < -0.39 is 26.9 Å². The summed E-state index contributed by atoms with van der Waals surface area (Å²) in [7, 11) is -2.45. The molecular weight excluding hydrogens is 309 g/mol. The normalized spacial score (nSPS) is 12.6. The molecule has 0 atom stereocenters. The Labute approximate surface area is 118 Å². The van der Waals surface area contributed by atoms with Crippen LogP contribution in [0.25, 0.3) is 11.4 Å². The maximum Gasteiger partial charge on any atom is 0.433 e. The first-order chi connectivity index (χ1) is 9.65. The van der Waals surface area contributed by atoms with Crippen LogP contribution in [0.1, 0.15) is 12.6 Å². The van der Waals surface area contributed by atoms with Gasteiger partial charge in [-0.15, -0.1) is 0 Å². The monoisotopic (exact) mass is 320 g/mol. The van der Waals surface area contributed by atoms with Gasteiger partial charge < -0.3 is 0 Å². The van der Waals surface area contributed by atoms with Crippen molar-refractivity contribution in [1.82, 2.24) is 19.7 Å². The summed E-state index contributed by atoms with van der Waals surface area (Å²) < 4.78 is 63.5. The van der Waals surface area contributed by atoms with E-state index in [9.17, 15) is 21.6 Å². The van der Waals surface area contributed by atoms with Gasteiger partial charge in [-0.05, 0) is 12.1 Å². The van der Waals surface area contributed by atoms with E-state index in [1.165, 1.54) is 30.9 Å². The number of alkyl halides is 3. The van der Waals surface area contributed by atoms with E-state index in [1.54, 1.807) is 0 Å². The van der Waals surface area contributed by atoms with Gasteiger partial charge in [-0.25, -0.2) is 18.4 Å². The van der Waals surface area contributed by atoms with Crippen molar-refractivity contribution in [3.05, 3.63) is 24.0 Å². The largest absolute Gasteiger partial charge is 0.433 e. The van der Waals surface area contributed by atoms with Crippen LogP contribution in [0.3, 0.4) is 0 Å². The molecule has 0 N–H and O–H groups in total. The van der Waals surface area contributed by atoms with Crippen LogP contribution in [-0.2, 0) is 23.1 Å². The van der Waals surface area contributed by atoms with Crippen LogP contribution in [0.15, 0.2) is 23.5 Å². The quantitative estimate of drug-likeness (QED) is 0.804. The van der Waals surface area contributed by atoms with Crippen LogP contribution >= 0.6 is 0 Å². The molecule has 0 fully saturated rings. The molecule has 0 saturated carbocycles. The molecule has 0 aliphatic carbocycles. The zero-order valence-corrected chi connectivity index (χ0v) is 11.9. The maximum absolute atomic E-state index is 12.9. The molecule has 0 saturated heterocycles. The highest BCUT2D eigenvalue weighted by Gasteiger charge is 2.35. The number of aromatic nitrogens is 4. The van der Waals surface area contributed by atoms with Crippen LogP contribution < -0.4 is 0 Å². The molecule has 10 heteroatoms. The van der Waals surface area contributed by atoms with Gasteiger partial charge in [-0.2, -0.15) is 18.3 Å². The second-order valence-corrected chi connectivity index (χ2v) is 6.33. The standard InChI is InChI=1S/C11H11F3N4O2S/c1-3-21(19,20)10-16-7(8-4-5-15-18(8)2)6-9(17-10)11(12,13)14/h4-6H,3H2,1-2H3. The first-order valence-electron chi connectivity index (χ1n) is 5.82. The van der Waals surface area contributed by atoms with Gasteiger partial charge in [0.25, 0.3) is 0 Å². The first-order valence-corrected chi connectivity index (χ1v) is 7.48. The van der Waals surface area contributed by atoms with Crippen LogP contribution in [0, 0.1) is 0 Å². The summed E-state index contributed by atoms with van der Waals surface area (Å²) in [4.78, 5) is 6.87. The van der Waals surface area contributed by atoms with Crippen molar-refractivity contribution in [2.45, 2.75) is 18.3 Å². The lowest BCUT2D eigenvalue weighted by atomic mass is 10.2. The third kappa shape index (κ3) is 3.04. The summed E-state index contributed by atoms with van der Waals surface area (Å²) in [6, 6.07) is 2.14. The molecule has 2 aromatic heterocycles. The van der Waals surface area contributed by atoms with Crippen molar-refractivity contribution in [2.24, 2.45) is 7.05 Å². The predicted molar refractivity (Wildman–Crippen MR) is 67.0 cm³/mol. The predicted octanol–water partition coefficient (Wildman–Crippen LogP) is 1.69. The number of sulfone groups is 1. The zero-order valence-electron chi connectivity index (χ0n) is 11.1. The molecule has 0 aromatic carbocycles. The molecule has 2 heterocycles. The van der Waals surface area contributed by atoms with Crippen molar-refractivity contribution in [3.63, 3.8) is 0 Å². The smallest absolute Gasteiger partial charge is 0.266 e. The third-order valence-electron chi connectivity index (χ3n) is 2.74. The van der Waals surface area contributed by atoms with Gasteiger partial charge in [-0.1, -0.05) is 6.92 Å². The fraction of sp³-hybridized carbons (Fsp3) is 0.364. The second kappa shape index (κ2) is 5.10. The molecule has 0 radical (unpaired) electrons. The Bertz CT molecular complexity index is 768. The van der Waals surface area contributed by atoms with E-state index in [2.05, 4.69) is 15.1 Å². The number of halogens is 3. The lowest BCUT2D eigenvalue weighted by Crippen LogP contribution is -2.16. The molecule has 21 heavy (non-hydrogen) atoms. The van der Waals surface area contributed by atoms with Gasteiger partial charge >= 0.3 is 6.18 Å². The van der Waals surface area contributed by atoms with E-state index in [4.69, 9.17) is 0 Å². The number of hydrogen-bond donors (Lipinski definition) is 0. The van der Waals surface area contributed by atoms with Crippen LogP contribution in [0.5, 0.6) is 0 Å². The Hall–Kier alpha value is -1.97. The van der Waals surface area contributed by atoms with Crippen LogP contribution in [0.4, 0.5) is 13.2 Å². The van der Waals surface area contributed by atoms with Gasteiger partial charge in [0.15, 0.2) is 0 Å². The van der Waals surface area contributed by atoms with Crippen molar-refractivity contribution in [1.29, 1.82) is 0 Å². The topological polar surface area (TPSA) is 77.7 Å². The minimum absolute atomic E-state index is 0.149.